The lowest BCUT2D eigenvalue weighted by molar-refractivity contribution is -0.0140. The van der Waals surface area contributed by atoms with Gasteiger partial charge in [0.15, 0.2) is 11.6 Å². The molecule has 2 unspecified atom stereocenters. The summed E-state index contributed by atoms with van der Waals surface area (Å²) in [4.78, 5) is 21.9. The Balaban J connectivity index is 1.90. The van der Waals surface area contributed by atoms with Gasteiger partial charge in [0, 0.05) is 0 Å². The largest absolute Gasteiger partial charge is 0.383 e. The summed E-state index contributed by atoms with van der Waals surface area (Å²) in [6.07, 6.45) is -2.43. The summed E-state index contributed by atoms with van der Waals surface area (Å²) in [6.45, 7) is -0.472. The van der Waals surface area contributed by atoms with Crippen LogP contribution in [0.15, 0.2) is 0 Å². The summed E-state index contributed by atoms with van der Waals surface area (Å²) in [7, 11) is 0. The number of ether oxygens (including phenoxy) is 1. The van der Waals surface area contributed by atoms with Gasteiger partial charge in [-0.15, -0.1) is 0 Å². The summed E-state index contributed by atoms with van der Waals surface area (Å²) in [6, 6.07) is 0. The lowest BCUT2D eigenvalue weighted by atomic mass is 10.3. The van der Waals surface area contributed by atoms with Gasteiger partial charge in [0.25, 0.3) is 0 Å². The third-order valence-corrected chi connectivity index (χ3v) is 3.02. The Kier molecular flexibility index (Phi) is 6.60. The van der Waals surface area contributed by atoms with E-state index in [-0.39, 0.29) is 46.0 Å². The van der Waals surface area contributed by atoms with Crippen LogP contribution in [0.4, 0.5) is 0 Å². The molecule has 0 bridgehead atoms. The number of hydrogen-bond acceptors (Lipinski definition) is 9. The number of aromatic nitrogens is 6. The molecule has 0 aromatic carbocycles. The van der Waals surface area contributed by atoms with Crippen LogP contribution in [-0.2, 0) is 4.74 Å². The van der Waals surface area contributed by atoms with Crippen LogP contribution in [0.2, 0.25) is 21.1 Å². The monoisotopic (exact) mass is 400 g/mol. The quantitative estimate of drug-likeness (QED) is 0.738. The smallest absolute Gasteiger partial charge is 0.227 e. The molecule has 2 N–H and O–H groups in total. The van der Waals surface area contributed by atoms with Gasteiger partial charge in [0.1, 0.15) is 12.2 Å². The highest BCUT2D eigenvalue weighted by atomic mass is 35.5. The van der Waals surface area contributed by atoms with Crippen molar-refractivity contribution < 1.29 is 14.9 Å². The minimum absolute atomic E-state index is 0.0595. The van der Waals surface area contributed by atoms with Crippen molar-refractivity contribution in [3.8, 4) is 0 Å². The first-order chi connectivity index (χ1) is 10.8. The van der Waals surface area contributed by atoms with E-state index in [1.54, 1.807) is 0 Å². The average molecular weight is 402 g/mol. The number of hydrogen-bond donors (Lipinski definition) is 2. The lowest BCUT2D eigenvalue weighted by Gasteiger charge is -2.13. The number of rotatable bonds is 6. The molecule has 2 aromatic rings. The fourth-order valence-electron chi connectivity index (χ4n) is 1.42. The number of aliphatic hydroxyl groups is 2. The third kappa shape index (κ3) is 5.57. The molecule has 2 rings (SSSR count). The molecule has 0 aliphatic carbocycles. The Morgan fingerprint density at radius 3 is 1.26 bits per heavy atom. The van der Waals surface area contributed by atoms with E-state index >= 15 is 0 Å². The predicted molar refractivity (Wildman–Crippen MR) is 80.4 cm³/mol. The number of aliphatic hydroxyl groups excluding tert-OH is 2. The molecule has 0 radical (unpaired) electrons. The Hall–Kier alpha value is -0.940. The van der Waals surface area contributed by atoms with Crippen LogP contribution >= 0.6 is 46.4 Å². The Labute approximate surface area is 149 Å². The predicted octanol–water partition coefficient (Wildman–Crippen LogP) is 1.45. The molecule has 2 heterocycles. The van der Waals surface area contributed by atoms with E-state index in [4.69, 9.17) is 51.1 Å². The molecule has 0 spiro atoms. The molecule has 13 heteroatoms. The first-order valence-corrected chi connectivity index (χ1v) is 7.44. The van der Waals surface area contributed by atoms with E-state index in [9.17, 15) is 10.2 Å². The fourth-order valence-corrected chi connectivity index (χ4v) is 2.17. The zero-order valence-electron chi connectivity index (χ0n) is 11.1. The van der Waals surface area contributed by atoms with Gasteiger partial charge in [-0.25, -0.2) is 0 Å². The SMILES string of the molecule is OC(COCC(O)c1nc(Cl)nc(Cl)n1)c1nc(Cl)nc(Cl)n1. The minimum atomic E-state index is -1.22. The molecule has 0 amide bonds. The van der Waals surface area contributed by atoms with Gasteiger partial charge in [-0.1, -0.05) is 0 Å². The highest BCUT2D eigenvalue weighted by Gasteiger charge is 2.17. The first kappa shape index (κ1) is 18.4. The summed E-state index contributed by atoms with van der Waals surface area (Å²) in [5, 5.41) is 19.1. The van der Waals surface area contributed by atoms with Crippen LogP contribution < -0.4 is 0 Å². The average Bonchev–Trinajstić information content (AvgIpc) is 2.44. The molecule has 0 aliphatic heterocycles. The van der Waals surface area contributed by atoms with Crippen LogP contribution in [0.25, 0.3) is 0 Å². The standard InChI is InChI=1S/C10H8Cl4N6O3/c11-7-15-5(16-8(12)19-7)3(21)1-23-2-4(22)6-17-9(13)20-10(14)18-6/h3-4,21-22H,1-2H2. The lowest BCUT2D eigenvalue weighted by Crippen LogP contribution is -2.17. The molecule has 9 nitrogen and oxygen atoms in total. The van der Waals surface area contributed by atoms with Crippen molar-refractivity contribution in [1.82, 2.24) is 29.9 Å². The van der Waals surface area contributed by atoms with Crippen molar-refractivity contribution in [2.75, 3.05) is 13.2 Å². The van der Waals surface area contributed by atoms with E-state index in [1.165, 1.54) is 0 Å². The number of halogens is 4. The summed E-state index contributed by atoms with van der Waals surface area (Å²) >= 11 is 22.4. The maximum absolute atomic E-state index is 9.88. The second-order valence-electron chi connectivity index (χ2n) is 4.03. The maximum Gasteiger partial charge on any atom is 0.227 e. The van der Waals surface area contributed by atoms with Gasteiger partial charge < -0.3 is 14.9 Å². The van der Waals surface area contributed by atoms with E-state index in [2.05, 4.69) is 29.9 Å². The van der Waals surface area contributed by atoms with Crippen molar-refractivity contribution in [3.63, 3.8) is 0 Å². The highest BCUT2D eigenvalue weighted by Crippen LogP contribution is 2.16. The van der Waals surface area contributed by atoms with E-state index in [0.717, 1.165) is 0 Å². The molecular formula is C10H8Cl4N6O3. The molecule has 2 aromatic heterocycles. The first-order valence-electron chi connectivity index (χ1n) is 5.93. The molecular weight excluding hydrogens is 394 g/mol. The van der Waals surface area contributed by atoms with Crippen molar-refractivity contribution in [1.29, 1.82) is 0 Å². The van der Waals surface area contributed by atoms with E-state index in [1.807, 2.05) is 0 Å². The topological polar surface area (TPSA) is 127 Å². The maximum atomic E-state index is 9.88. The van der Waals surface area contributed by atoms with Crippen molar-refractivity contribution >= 4 is 46.4 Å². The Bertz CT molecular complexity index is 596. The van der Waals surface area contributed by atoms with Gasteiger partial charge in [-0.05, 0) is 46.4 Å². The van der Waals surface area contributed by atoms with Crippen LogP contribution in [0.3, 0.4) is 0 Å². The second kappa shape index (κ2) is 8.25. The van der Waals surface area contributed by atoms with Gasteiger partial charge in [0.05, 0.1) is 13.2 Å². The van der Waals surface area contributed by atoms with E-state index in [0.29, 0.717) is 0 Å². The van der Waals surface area contributed by atoms with Crippen LogP contribution in [-0.4, -0.2) is 53.3 Å². The van der Waals surface area contributed by atoms with Gasteiger partial charge in [-0.2, -0.15) is 29.9 Å². The van der Waals surface area contributed by atoms with Gasteiger partial charge >= 0.3 is 0 Å². The van der Waals surface area contributed by atoms with Crippen molar-refractivity contribution in [2.45, 2.75) is 12.2 Å². The van der Waals surface area contributed by atoms with Crippen LogP contribution in [0.5, 0.6) is 0 Å². The second-order valence-corrected chi connectivity index (χ2v) is 5.38. The fraction of sp³-hybridized carbons (Fsp3) is 0.400. The van der Waals surface area contributed by atoms with Crippen LogP contribution in [0, 0.1) is 0 Å². The van der Waals surface area contributed by atoms with Gasteiger partial charge in [0.2, 0.25) is 21.1 Å². The van der Waals surface area contributed by atoms with E-state index < -0.39 is 12.2 Å². The van der Waals surface area contributed by atoms with Crippen molar-refractivity contribution in [2.24, 2.45) is 0 Å². The molecule has 124 valence electrons. The zero-order valence-corrected chi connectivity index (χ0v) is 14.1. The molecule has 0 saturated heterocycles. The minimum Gasteiger partial charge on any atom is -0.383 e. The molecule has 0 aliphatic rings. The normalized spacial score (nSPS) is 13.8. The Morgan fingerprint density at radius 1 is 0.652 bits per heavy atom. The Morgan fingerprint density at radius 2 is 0.957 bits per heavy atom. The molecule has 0 fully saturated rings. The third-order valence-electron chi connectivity index (χ3n) is 2.34. The summed E-state index contributed by atoms with van der Waals surface area (Å²) in [5.74, 6) is -0.119. The molecule has 23 heavy (non-hydrogen) atoms. The van der Waals surface area contributed by atoms with Gasteiger partial charge in [-0.3, -0.25) is 0 Å². The summed E-state index contributed by atoms with van der Waals surface area (Å²) < 4.78 is 5.15. The molecule has 0 saturated carbocycles. The molecule has 2 atom stereocenters. The van der Waals surface area contributed by atoms with Crippen LogP contribution in [0.1, 0.15) is 23.9 Å². The van der Waals surface area contributed by atoms with Crippen molar-refractivity contribution in [3.05, 3.63) is 32.8 Å². The summed E-state index contributed by atoms with van der Waals surface area (Å²) in [5.41, 5.74) is 0. The number of nitrogens with zero attached hydrogens (tertiary/aromatic N) is 6. The highest BCUT2D eigenvalue weighted by molar-refractivity contribution is 6.31. The zero-order chi connectivity index (χ0) is 17.0.